The Hall–Kier alpha value is -1.47. The van der Waals surface area contributed by atoms with Gasteiger partial charge in [0.1, 0.15) is 11.9 Å². The Kier molecular flexibility index (Phi) is 3.06. The van der Waals surface area contributed by atoms with Crippen LogP contribution in [0.3, 0.4) is 0 Å². The first kappa shape index (κ1) is 14.1. The third kappa shape index (κ3) is 1.85. The maximum absolute atomic E-state index is 12.9. The van der Waals surface area contributed by atoms with Crippen LogP contribution in [0, 0.1) is 11.8 Å². The molecule has 0 aromatic carbocycles. The minimum atomic E-state index is -0.943. The average Bonchev–Trinajstić information content (AvgIpc) is 2.89. The Labute approximate surface area is 129 Å². The lowest BCUT2D eigenvalue weighted by molar-refractivity contribution is -0.143. The molecule has 1 aromatic rings. The summed E-state index contributed by atoms with van der Waals surface area (Å²) in [5, 5.41) is 21.4. The summed E-state index contributed by atoms with van der Waals surface area (Å²) in [6, 6.07) is -0.301. The summed E-state index contributed by atoms with van der Waals surface area (Å²) >= 11 is 0. The zero-order valence-corrected chi connectivity index (χ0v) is 13.1. The smallest absolute Gasteiger partial charge is 0.246 e. The number of nitrogens with zero attached hydrogens (tertiary/aromatic N) is 4. The molecule has 2 atom stereocenters. The van der Waals surface area contributed by atoms with Gasteiger partial charge in [-0.05, 0) is 31.6 Å². The van der Waals surface area contributed by atoms with Gasteiger partial charge in [-0.2, -0.15) is 0 Å². The summed E-state index contributed by atoms with van der Waals surface area (Å²) in [6.45, 7) is 1.88. The Morgan fingerprint density at radius 1 is 1.41 bits per heavy atom. The molecular weight excluding hydrogens is 282 g/mol. The van der Waals surface area contributed by atoms with Crippen molar-refractivity contribution in [3.8, 4) is 0 Å². The van der Waals surface area contributed by atoms with Crippen molar-refractivity contribution in [2.75, 3.05) is 0 Å². The lowest BCUT2D eigenvalue weighted by Crippen LogP contribution is -2.59. The van der Waals surface area contributed by atoms with Gasteiger partial charge in [-0.3, -0.25) is 15.0 Å². The van der Waals surface area contributed by atoms with Crippen molar-refractivity contribution < 1.29 is 9.90 Å². The molecule has 120 valence electrons. The first-order valence-electron chi connectivity index (χ1n) is 8.14. The molecule has 3 aliphatic rings. The van der Waals surface area contributed by atoms with E-state index in [1.54, 1.807) is 10.9 Å². The van der Waals surface area contributed by atoms with Gasteiger partial charge in [0.05, 0.1) is 6.04 Å². The highest BCUT2D eigenvalue weighted by Gasteiger charge is 2.60. The fraction of sp³-hybridized carbons (Fsp3) is 0.800. The predicted molar refractivity (Wildman–Crippen MR) is 78.2 cm³/mol. The van der Waals surface area contributed by atoms with Gasteiger partial charge in [0.25, 0.3) is 0 Å². The van der Waals surface area contributed by atoms with Crippen LogP contribution in [0.2, 0.25) is 0 Å². The molecule has 0 bridgehead atoms. The van der Waals surface area contributed by atoms with Gasteiger partial charge < -0.3 is 9.67 Å². The van der Waals surface area contributed by atoms with Crippen LogP contribution in [-0.4, -0.2) is 42.6 Å². The molecule has 2 heterocycles. The van der Waals surface area contributed by atoms with Gasteiger partial charge in [0, 0.05) is 7.05 Å². The number of aryl methyl sites for hydroxylation is 1. The van der Waals surface area contributed by atoms with E-state index in [0.29, 0.717) is 11.7 Å². The minimum absolute atomic E-state index is 0.00562. The summed E-state index contributed by atoms with van der Waals surface area (Å²) < 4.78 is 1.79. The maximum Gasteiger partial charge on any atom is 0.246 e. The van der Waals surface area contributed by atoms with Crippen molar-refractivity contribution in [3.63, 3.8) is 0 Å². The fourth-order valence-electron chi connectivity index (χ4n) is 4.29. The Bertz CT molecular complexity index is 591. The minimum Gasteiger partial charge on any atom is -0.361 e. The van der Waals surface area contributed by atoms with Crippen LogP contribution in [0.5, 0.6) is 0 Å². The van der Waals surface area contributed by atoms with Crippen molar-refractivity contribution in [2.24, 2.45) is 18.9 Å². The SMILES string of the molecule is CC(c1nncn1C)N1C(=O)C2(CC(C3CCC3)C2)NC1O. The van der Waals surface area contributed by atoms with Gasteiger partial charge in [-0.15, -0.1) is 10.2 Å². The highest BCUT2D eigenvalue weighted by Crippen LogP contribution is 2.51. The standard InChI is InChI=1S/C15H23N5O2/c1-9(12-18-16-8-19(12)2)20-13(21)15(17-14(20)22)6-11(7-15)10-4-3-5-10/h8-11,14,17,22H,3-7H2,1-2H3. The number of carbonyl (C=O) groups is 1. The zero-order valence-electron chi connectivity index (χ0n) is 13.1. The monoisotopic (exact) mass is 305 g/mol. The maximum atomic E-state index is 12.9. The Morgan fingerprint density at radius 2 is 2.14 bits per heavy atom. The van der Waals surface area contributed by atoms with E-state index >= 15 is 0 Å². The van der Waals surface area contributed by atoms with Crippen LogP contribution in [-0.2, 0) is 11.8 Å². The molecule has 3 fully saturated rings. The summed E-state index contributed by atoms with van der Waals surface area (Å²) in [4.78, 5) is 14.4. The van der Waals surface area contributed by atoms with E-state index in [4.69, 9.17) is 0 Å². The molecule has 0 radical (unpaired) electrons. The second-order valence-corrected chi connectivity index (χ2v) is 7.15. The third-order valence-corrected chi connectivity index (χ3v) is 5.89. The van der Waals surface area contributed by atoms with Gasteiger partial charge in [0.2, 0.25) is 5.91 Å². The highest BCUT2D eigenvalue weighted by atomic mass is 16.3. The summed E-state index contributed by atoms with van der Waals surface area (Å²) in [6.07, 6.45) is 6.31. The van der Waals surface area contributed by atoms with Crippen LogP contribution in [0.1, 0.15) is 50.9 Å². The number of amides is 1. The normalized spacial score (nSPS) is 36.5. The molecule has 1 saturated heterocycles. The molecule has 1 amide bonds. The van der Waals surface area contributed by atoms with Crippen LogP contribution < -0.4 is 5.32 Å². The van der Waals surface area contributed by atoms with Gasteiger partial charge in [-0.1, -0.05) is 19.3 Å². The van der Waals surface area contributed by atoms with Crippen molar-refractivity contribution in [3.05, 3.63) is 12.2 Å². The van der Waals surface area contributed by atoms with Crippen molar-refractivity contribution in [1.82, 2.24) is 25.0 Å². The van der Waals surface area contributed by atoms with Gasteiger partial charge in [0.15, 0.2) is 12.2 Å². The highest BCUT2D eigenvalue weighted by molar-refractivity contribution is 5.90. The lowest BCUT2D eigenvalue weighted by Gasteiger charge is -2.49. The Balaban J connectivity index is 1.51. The van der Waals surface area contributed by atoms with Crippen molar-refractivity contribution in [2.45, 2.75) is 57.0 Å². The van der Waals surface area contributed by atoms with Crippen LogP contribution >= 0.6 is 0 Å². The second kappa shape index (κ2) is 4.76. The van der Waals surface area contributed by atoms with Crippen LogP contribution in [0.15, 0.2) is 6.33 Å². The van der Waals surface area contributed by atoms with Crippen molar-refractivity contribution >= 4 is 5.91 Å². The number of hydrogen-bond acceptors (Lipinski definition) is 5. The third-order valence-electron chi connectivity index (χ3n) is 5.89. The number of rotatable bonds is 3. The lowest BCUT2D eigenvalue weighted by atomic mass is 9.58. The van der Waals surface area contributed by atoms with Gasteiger partial charge in [-0.25, -0.2) is 0 Å². The molecule has 1 aromatic heterocycles. The van der Waals surface area contributed by atoms with Crippen LogP contribution in [0.25, 0.3) is 0 Å². The number of nitrogens with one attached hydrogen (secondary N) is 1. The first-order chi connectivity index (χ1) is 10.5. The zero-order chi connectivity index (χ0) is 15.5. The number of carbonyl (C=O) groups excluding carboxylic acids is 1. The molecule has 2 N–H and O–H groups in total. The number of hydrogen-bond donors (Lipinski definition) is 2. The molecule has 22 heavy (non-hydrogen) atoms. The van der Waals surface area contributed by atoms with Crippen LogP contribution in [0.4, 0.5) is 0 Å². The molecule has 4 rings (SSSR count). The number of aromatic nitrogens is 3. The molecule has 2 unspecified atom stereocenters. The number of aliphatic hydroxyl groups is 1. The summed E-state index contributed by atoms with van der Waals surface area (Å²) in [5.74, 6) is 2.12. The largest absolute Gasteiger partial charge is 0.361 e. The van der Waals surface area contributed by atoms with Gasteiger partial charge >= 0.3 is 0 Å². The van der Waals surface area contributed by atoms with E-state index < -0.39 is 11.9 Å². The molecular formula is C15H23N5O2. The Morgan fingerprint density at radius 3 is 2.68 bits per heavy atom. The number of aliphatic hydroxyl groups excluding tert-OH is 1. The molecule has 1 aliphatic heterocycles. The topological polar surface area (TPSA) is 83.3 Å². The van der Waals surface area contributed by atoms with E-state index in [0.717, 1.165) is 18.8 Å². The van der Waals surface area contributed by atoms with E-state index in [2.05, 4.69) is 15.5 Å². The van der Waals surface area contributed by atoms with E-state index in [-0.39, 0.29) is 11.9 Å². The molecule has 2 saturated carbocycles. The van der Waals surface area contributed by atoms with Crippen molar-refractivity contribution in [1.29, 1.82) is 0 Å². The summed E-state index contributed by atoms with van der Waals surface area (Å²) in [7, 11) is 1.85. The quantitative estimate of drug-likeness (QED) is 0.851. The average molecular weight is 305 g/mol. The predicted octanol–water partition coefficient (Wildman–Crippen LogP) is 0.533. The molecule has 7 nitrogen and oxygen atoms in total. The summed E-state index contributed by atoms with van der Waals surface area (Å²) in [5.41, 5.74) is -0.549. The first-order valence-corrected chi connectivity index (χ1v) is 8.14. The second-order valence-electron chi connectivity index (χ2n) is 7.15. The molecule has 1 spiro atoms. The van der Waals surface area contributed by atoms with E-state index in [1.165, 1.54) is 24.2 Å². The van der Waals surface area contributed by atoms with E-state index in [1.807, 2.05) is 14.0 Å². The van der Waals surface area contributed by atoms with E-state index in [9.17, 15) is 9.90 Å². The molecule has 2 aliphatic carbocycles. The molecule has 7 heteroatoms. The fourth-order valence-corrected chi connectivity index (χ4v) is 4.29.